The number of nitrogens with two attached hydrogens (primary N) is 1. The molecule has 0 aromatic heterocycles. The summed E-state index contributed by atoms with van der Waals surface area (Å²) in [4.78, 5) is 19.4. The number of benzene rings is 1. The fourth-order valence-electron chi connectivity index (χ4n) is 0.743. The monoisotopic (exact) mass is 219 g/mol. The summed E-state index contributed by atoms with van der Waals surface area (Å²) >= 11 is 0. The summed E-state index contributed by atoms with van der Waals surface area (Å²) in [5.74, 6) is -1.93. The van der Waals surface area contributed by atoms with E-state index >= 15 is 0 Å². The van der Waals surface area contributed by atoms with E-state index < -0.39 is 11.9 Å². The van der Waals surface area contributed by atoms with Crippen LogP contribution in [-0.4, -0.2) is 17.0 Å². The fourth-order valence-corrected chi connectivity index (χ4v) is 0.743. The topological polar surface area (TPSA) is 80.4 Å². The maximum absolute atomic E-state index is 9.78. The Morgan fingerprint density at radius 3 is 2.00 bits per heavy atom. The Bertz CT molecular complexity index is 367. The van der Waals surface area contributed by atoms with Crippen molar-refractivity contribution < 1.29 is 14.7 Å². The van der Waals surface area contributed by atoms with Crippen LogP contribution < -0.4 is 5.73 Å². The van der Waals surface area contributed by atoms with Crippen molar-refractivity contribution in [3.05, 3.63) is 54.6 Å². The number of hydrogen-bond donors (Lipinski definition) is 2. The van der Waals surface area contributed by atoms with Crippen molar-refractivity contribution in [1.29, 1.82) is 0 Å². The van der Waals surface area contributed by atoms with Gasteiger partial charge in [0.1, 0.15) is 0 Å². The molecule has 0 aliphatic rings. The number of carboxylic acids is 1. The van der Waals surface area contributed by atoms with Gasteiger partial charge in [0.25, 0.3) is 0 Å². The van der Waals surface area contributed by atoms with E-state index in [1.807, 2.05) is 36.4 Å². The summed E-state index contributed by atoms with van der Waals surface area (Å²) in [6.45, 7) is 3.63. The Labute approximate surface area is 93.7 Å². The minimum Gasteiger partial charge on any atom is -0.478 e. The van der Waals surface area contributed by atoms with Gasteiger partial charge in [-0.25, -0.2) is 4.79 Å². The molecule has 0 heterocycles. The average Bonchev–Trinajstić information content (AvgIpc) is 2.28. The van der Waals surface area contributed by atoms with E-state index in [9.17, 15) is 9.59 Å². The number of carboxylic acid groups (broad SMARTS) is 1. The summed E-state index contributed by atoms with van der Waals surface area (Å²) in [6, 6.07) is 10.0. The van der Waals surface area contributed by atoms with Crippen molar-refractivity contribution in [2.45, 2.75) is 0 Å². The highest BCUT2D eigenvalue weighted by molar-refractivity contribution is 5.92. The van der Waals surface area contributed by atoms with Crippen LogP contribution in [0.1, 0.15) is 5.56 Å². The summed E-state index contributed by atoms with van der Waals surface area (Å²) < 4.78 is 0. The van der Waals surface area contributed by atoms with Gasteiger partial charge in [0.15, 0.2) is 0 Å². The molecule has 0 spiro atoms. The van der Waals surface area contributed by atoms with Crippen LogP contribution in [0.3, 0.4) is 0 Å². The number of aliphatic carboxylic acids is 1. The zero-order valence-electron chi connectivity index (χ0n) is 8.67. The van der Waals surface area contributed by atoms with Gasteiger partial charge in [0.05, 0.1) is 0 Å². The Morgan fingerprint density at radius 2 is 1.75 bits per heavy atom. The Balaban J connectivity index is 0.000000281. The van der Waals surface area contributed by atoms with E-state index in [4.69, 9.17) is 5.11 Å². The molecule has 0 bridgehead atoms. The van der Waals surface area contributed by atoms with Gasteiger partial charge < -0.3 is 10.8 Å². The summed E-state index contributed by atoms with van der Waals surface area (Å²) in [6.07, 6.45) is 3.30. The Hall–Kier alpha value is -2.36. The number of hydrogen-bond acceptors (Lipinski definition) is 2. The Morgan fingerprint density at radius 1 is 1.19 bits per heavy atom. The van der Waals surface area contributed by atoms with Crippen molar-refractivity contribution >= 4 is 18.0 Å². The second-order valence-corrected chi connectivity index (χ2v) is 2.69. The normalized spacial score (nSPS) is 9.00. The first-order chi connectivity index (χ1) is 7.56. The molecule has 0 aliphatic carbocycles. The lowest BCUT2D eigenvalue weighted by molar-refractivity contribution is -0.131. The highest BCUT2D eigenvalue weighted by Crippen LogP contribution is 1.97. The minimum absolute atomic E-state index is 0.683. The van der Waals surface area contributed by atoms with Crippen LogP contribution in [0.5, 0.6) is 0 Å². The number of carbonyl (C=O) groups is 2. The van der Waals surface area contributed by atoms with Gasteiger partial charge in [-0.05, 0) is 5.56 Å². The highest BCUT2D eigenvalue weighted by Gasteiger charge is 1.86. The molecular weight excluding hydrogens is 206 g/mol. The zero-order valence-corrected chi connectivity index (χ0v) is 8.67. The number of amides is 1. The van der Waals surface area contributed by atoms with Crippen LogP contribution in [0.15, 0.2) is 49.1 Å². The van der Waals surface area contributed by atoms with Gasteiger partial charge in [0.2, 0.25) is 5.91 Å². The molecule has 16 heavy (non-hydrogen) atoms. The molecule has 84 valence electrons. The smallest absolute Gasteiger partial charge is 0.328 e. The lowest BCUT2D eigenvalue weighted by atomic mass is 10.2. The lowest BCUT2D eigenvalue weighted by Gasteiger charge is -1.85. The van der Waals surface area contributed by atoms with Crippen LogP contribution in [0.25, 0.3) is 6.08 Å². The number of rotatable bonds is 3. The van der Waals surface area contributed by atoms with Crippen molar-refractivity contribution in [3.8, 4) is 0 Å². The molecule has 4 nitrogen and oxygen atoms in total. The second kappa shape index (κ2) is 7.99. The highest BCUT2D eigenvalue weighted by atomic mass is 16.4. The van der Waals surface area contributed by atoms with Gasteiger partial charge >= 0.3 is 5.97 Å². The number of carbonyl (C=O) groups excluding carboxylic acids is 1. The van der Waals surface area contributed by atoms with Crippen molar-refractivity contribution in [2.75, 3.05) is 0 Å². The molecule has 0 atom stereocenters. The van der Waals surface area contributed by atoms with E-state index in [2.05, 4.69) is 12.3 Å². The number of primary amides is 1. The summed E-state index contributed by atoms with van der Waals surface area (Å²) in [5.41, 5.74) is 5.73. The van der Waals surface area contributed by atoms with E-state index in [0.29, 0.717) is 6.08 Å². The summed E-state index contributed by atoms with van der Waals surface area (Å²) in [5, 5.41) is 7.87. The summed E-state index contributed by atoms with van der Waals surface area (Å²) in [7, 11) is 0. The maximum atomic E-state index is 9.78. The van der Waals surface area contributed by atoms with Gasteiger partial charge in [-0.2, -0.15) is 0 Å². The minimum atomic E-state index is -1.18. The average molecular weight is 219 g/mol. The van der Waals surface area contributed by atoms with E-state index in [1.54, 1.807) is 0 Å². The van der Waals surface area contributed by atoms with E-state index in [1.165, 1.54) is 5.56 Å². The van der Waals surface area contributed by atoms with E-state index in [-0.39, 0.29) is 0 Å². The van der Waals surface area contributed by atoms with Crippen molar-refractivity contribution in [1.82, 2.24) is 0 Å². The zero-order chi connectivity index (χ0) is 12.4. The first kappa shape index (κ1) is 13.6. The van der Waals surface area contributed by atoms with Gasteiger partial charge in [-0.1, -0.05) is 43.0 Å². The van der Waals surface area contributed by atoms with Gasteiger partial charge in [-0.3, -0.25) is 4.79 Å². The van der Waals surface area contributed by atoms with E-state index in [0.717, 1.165) is 6.08 Å². The third-order valence-corrected chi connectivity index (χ3v) is 1.43. The first-order valence-electron chi connectivity index (χ1n) is 4.44. The molecule has 1 amide bonds. The third kappa shape index (κ3) is 8.25. The SMILES string of the molecule is C=Cc1ccccc1.NC(=O)C=CC(=O)O. The Kier molecular flexibility index (Phi) is 6.81. The predicted octanol–water partition coefficient (Wildman–Crippen LogP) is 1.44. The molecule has 0 radical (unpaired) electrons. The quantitative estimate of drug-likeness (QED) is 0.755. The third-order valence-electron chi connectivity index (χ3n) is 1.43. The maximum Gasteiger partial charge on any atom is 0.328 e. The second-order valence-electron chi connectivity index (χ2n) is 2.69. The van der Waals surface area contributed by atoms with Crippen LogP contribution in [0.2, 0.25) is 0 Å². The molecule has 1 rings (SSSR count). The molecule has 0 saturated heterocycles. The molecule has 0 saturated carbocycles. The molecular formula is C12H13NO3. The largest absolute Gasteiger partial charge is 0.478 e. The molecule has 1 aromatic carbocycles. The molecule has 0 aliphatic heterocycles. The molecule has 0 unspecified atom stereocenters. The van der Waals surface area contributed by atoms with Gasteiger partial charge in [-0.15, -0.1) is 0 Å². The van der Waals surface area contributed by atoms with Crippen LogP contribution in [0, 0.1) is 0 Å². The fraction of sp³-hybridized carbons (Fsp3) is 0. The van der Waals surface area contributed by atoms with Crippen LogP contribution in [0.4, 0.5) is 0 Å². The lowest BCUT2D eigenvalue weighted by Crippen LogP contribution is -2.06. The predicted molar refractivity (Wildman–Crippen MR) is 62.5 cm³/mol. The van der Waals surface area contributed by atoms with Crippen molar-refractivity contribution in [3.63, 3.8) is 0 Å². The standard InChI is InChI=1S/C8H8.C4H5NO3/c1-2-8-6-4-3-5-7-8;5-3(6)1-2-4(7)8/h2-7H,1H2;1-2H,(H2,5,6)(H,7,8). The first-order valence-corrected chi connectivity index (χ1v) is 4.44. The molecule has 4 heteroatoms. The molecule has 1 aromatic rings. The van der Waals surface area contributed by atoms with Gasteiger partial charge in [0, 0.05) is 12.2 Å². The van der Waals surface area contributed by atoms with Crippen LogP contribution in [-0.2, 0) is 9.59 Å². The van der Waals surface area contributed by atoms with Crippen molar-refractivity contribution in [2.24, 2.45) is 5.73 Å². The van der Waals surface area contributed by atoms with Crippen LogP contribution >= 0.6 is 0 Å². The molecule has 0 fully saturated rings. The molecule has 3 N–H and O–H groups in total.